The Labute approximate surface area is 126 Å². The zero-order chi connectivity index (χ0) is 15.0. The van der Waals surface area contributed by atoms with Crippen LogP contribution in [0.2, 0.25) is 0 Å². The number of morpholine rings is 1. The highest BCUT2D eigenvalue weighted by Gasteiger charge is 2.39. The lowest BCUT2D eigenvalue weighted by Gasteiger charge is -2.46. The Hall–Kier alpha value is -1.39. The number of methoxy groups -OCH3 is 1. The molecule has 0 aliphatic carbocycles. The van der Waals surface area contributed by atoms with E-state index < -0.39 is 0 Å². The summed E-state index contributed by atoms with van der Waals surface area (Å²) in [5.41, 5.74) is 1.83. The van der Waals surface area contributed by atoms with E-state index in [4.69, 9.17) is 9.47 Å². The van der Waals surface area contributed by atoms with E-state index in [1.807, 2.05) is 25.1 Å². The molecule has 2 unspecified atom stereocenters. The van der Waals surface area contributed by atoms with Gasteiger partial charge < -0.3 is 9.47 Å². The summed E-state index contributed by atoms with van der Waals surface area (Å²) in [6.07, 6.45) is 1.78. The zero-order valence-electron chi connectivity index (χ0n) is 13.0. The smallest absolute Gasteiger partial charge is 0.166 e. The molecule has 3 rings (SSSR count). The first-order valence-corrected chi connectivity index (χ1v) is 7.58. The van der Waals surface area contributed by atoms with Gasteiger partial charge in [0.1, 0.15) is 5.75 Å². The van der Waals surface area contributed by atoms with Crippen molar-refractivity contribution in [1.82, 2.24) is 4.90 Å². The Morgan fingerprint density at radius 2 is 1.95 bits per heavy atom. The lowest BCUT2D eigenvalue weighted by atomic mass is 9.81. The molecule has 114 valence electrons. The molecule has 2 saturated heterocycles. The standard InChI is InChI=1S/C17H23NO3/c1-11-4-5-12(8-16(11)20-3)17(19)13-6-14-9-21-10-15(7-13)18(14)2/h4-5,8,13-15H,6-7,9-10H2,1-3H3. The summed E-state index contributed by atoms with van der Waals surface area (Å²) in [4.78, 5) is 15.2. The maximum Gasteiger partial charge on any atom is 0.166 e. The predicted octanol–water partition coefficient (Wildman–Crippen LogP) is 2.30. The maximum absolute atomic E-state index is 12.8. The minimum atomic E-state index is 0.104. The molecule has 2 atom stereocenters. The third-order valence-electron chi connectivity index (χ3n) is 4.95. The molecule has 0 amide bonds. The van der Waals surface area contributed by atoms with Crippen LogP contribution in [0.15, 0.2) is 18.2 Å². The Morgan fingerprint density at radius 1 is 1.29 bits per heavy atom. The zero-order valence-corrected chi connectivity index (χ0v) is 13.0. The molecule has 0 spiro atoms. The van der Waals surface area contributed by atoms with Crippen molar-refractivity contribution in [3.63, 3.8) is 0 Å². The molecule has 4 nitrogen and oxygen atoms in total. The first-order valence-electron chi connectivity index (χ1n) is 7.58. The first kappa shape index (κ1) is 14.5. The van der Waals surface area contributed by atoms with E-state index in [-0.39, 0.29) is 11.7 Å². The van der Waals surface area contributed by atoms with Gasteiger partial charge in [-0.1, -0.05) is 12.1 Å². The molecular weight excluding hydrogens is 266 g/mol. The van der Waals surface area contributed by atoms with E-state index in [2.05, 4.69) is 11.9 Å². The van der Waals surface area contributed by atoms with E-state index in [0.29, 0.717) is 12.1 Å². The van der Waals surface area contributed by atoms with Gasteiger partial charge in [-0.25, -0.2) is 0 Å². The fourth-order valence-electron chi connectivity index (χ4n) is 3.52. The van der Waals surface area contributed by atoms with Gasteiger partial charge in [-0.3, -0.25) is 9.69 Å². The van der Waals surface area contributed by atoms with E-state index in [1.54, 1.807) is 7.11 Å². The average Bonchev–Trinajstić information content (AvgIpc) is 2.47. The Balaban J connectivity index is 1.79. The van der Waals surface area contributed by atoms with Crippen LogP contribution in [0.4, 0.5) is 0 Å². The molecule has 0 radical (unpaired) electrons. The molecule has 2 bridgehead atoms. The van der Waals surface area contributed by atoms with Gasteiger partial charge in [0.2, 0.25) is 0 Å². The molecule has 0 N–H and O–H groups in total. The number of ketones is 1. The minimum Gasteiger partial charge on any atom is -0.496 e. The van der Waals surface area contributed by atoms with Crippen molar-refractivity contribution >= 4 is 5.78 Å². The van der Waals surface area contributed by atoms with Crippen LogP contribution in [-0.4, -0.2) is 50.1 Å². The molecule has 4 heteroatoms. The van der Waals surface area contributed by atoms with E-state index >= 15 is 0 Å². The largest absolute Gasteiger partial charge is 0.496 e. The molecule has 1 aromatic rings. The van der Waals surface area contributed by atoms with Gasteiger partial charge in [0.25, 0.3) is 0 Å². The van der Waals surface area contributed by atoms with Crippen molar-refractivity contribution in [3.05, 3.63) is 29.3 Å². The summed E-state index contributed by atoms with van der Waals surface area (Å²) in [6.45, 7) is 3.48. The number of carbonyl (C=O) groups excluding carboxylic acids is 1. The topological polar surface area (TPSA) is 38.8 Å². The first-order chi connectivity index (χ1) is 10.1. The summed E-state index contributed by atoms with van der Waals surface area (Å²) in [6, 6.07) is 6.51. The van der Waals surface area contributed by atoms with Crippen LogP contribution in [0.5, 0.6) is 5.75 Å². The number of carbonyl (C=O) groups is 1. The summed E-state index contributed by atoms with van der Waals surface area (Å²) in [5, 5.41) is 0. The second-order valence-corrected chi connectivity index (χ2v) is 6.23. The number of aryl methyl sites for hydroxylation is 1. The van der Waals surface area contributed by atoms with Crippen molar-refractivity contribution in [3.8, 4) is 5.75 Å². The molecule has 2 heterocycles. The van der Waals surface area contributed by atoms with Crippen molar-refractivity contribution in [2.45, 2.75) is 31.8 Å². The van der Waals surface area contributed by atoms with Crippen LogP contribution in [0.3, 0.4) is 0 Å². The van der Waals surface area contributed by atoms with Gasteiger partial charge in [0.15, 0.2) is 5.78 Å². The Kier molecular flexibility index (Phi) is 4.00. The summed E-state index contributed by atoms with van der Waals surface area (Å²) in [7, 11) is 3.79. The van der Waals surface area contributed by atoms with Crippen molar-refractivity contribution < 1.29 is 14.3 Å². The number of rotatable bonds is 3. The Bertz CT molecular complexity index is 529. The van der Waals surface area contributed by atoms with Gasteiger partial charge in [-0.15, -0.1) is 0 Å². The van der Waals surface area contributed by atoms with Crippen LogP contribution < -0.4 is 4.74 Å². The normalized spacial score (nSPS) is 29.2. The summed E-state index contributed by atoms with van der Waals surface area (Å²) < 4.78 is 11.0. The number of Topliss-reactive ketones (excluding diaryl/α,β-unsaturated/α-hetero) is 1. The van der Waals surface area contributed by atoms with Crippen LogP contribution >= 0.6 is 0 Å². The fourth-order valence-corrected chi connectivity index (χ4v) is 3.52. The SMILES string of the molecule is COc1cc(C(=O)C2CC3COCC(C2)N3C)ccc1C. The third kappa shape index (κ3) is 2.70. The van der Waals surface area contributed by atoms with Gasteiger partial charge in [0.05, 0.1) is 20.3 Å². The lowest BCUT2D eigenvalue weighted by Crippen LogP contribution is -2.55. The van der Waals surface area contributed by atoms with Gasteiger partial charge in [0, 0.05) is 23.6 Å². The van der Waals surface area contributed by atoms with E-state index in [1.165, 1.54) is 0 Å². The average molecular weight is 289 g/mol. The number of fused-ring (bicyclic) bond motifs is 2. The monoisotopic (exact) mass is 289 g/mol. The van der Waals surface area contributed by atoms with Crippen LogP contribution in [-0.2, 0) is 4.74 Å². The van der Waals surface area contributed by atoms with E-state index in [9.17, 15) is 4.79 Å². The molecule has 21 heavy (non-hydrogen) atoms. The van der Waals surface area contributed by atoms with Gasteiger partial charge in [-0.05, 0) is 38.4 Å². The number of benzene rings is 1. The quantitative estimate of drug-likeness (QED) is 0.800. The van der Waals surface area contributed by atoms with Crippen LogP contribution in [0.1, 0.15) is 28.8 Å². The third-order valence-corrected chi connectivity index (χ3v) is 4.95. The number of hydrogen-bond donors (Lipinski definition) is 0. The maximum atomic E-state index is 12.8. The number of piperidine rings is 1. The molecule has 0 aromatic heterocycles. The van der Waals surface area contributed by atoms with Crippen molar-refractivity contribution in [1.29, 1.82) is 0 Å². The number of hydrogen-bond acceptors (Lipinski definition) is 4. The molecule has 2 aliphatic rings. The van der Waals surface area contributed by atoms with Crippen LogP contribution in [0.25, 0.3) is 0 Å². The van der Waals surface area contributed by atoms with Gasteiger partial charge >= 0.3 is 0 Å². The van der Waals surface area contributed by atoms with Crippen molar-refractivity contribution in [2.24, 2.45) is 5.92 Å². The number of nitrogens with zero attached hydrogens (tertiary/aromatic N) is 1. The highest BCUT2D eigenvalue weighted by Crippen LogP contribution is 2.33. The second-order valence-electron chi connectivity index (χ2n) is 6.23. The fraction of sp³-hybridized carbons (Fsp3) is 0.588. The Morgan fingerprint density at radius 3 is 2.57 bits per heavy atom. The van der Waals surface area contributed by atoms with Crippen LogP contribution in [0, 0.1) is 12.8 Å². The molecule has 1 aromatic carbocycles. The number of ether oxygens (including phenoxy) is 2. The van der Waals surface area contributed by atoms with Gasteiger partial charge in [-0.2, -0.15) is 0 Å². The summed E-state index contributed by atoms with van der Waals surface area (Å²) in [5.74, 6) is 1.14. The highest BCUT2D eigenvalue weighted by molar-refractivity contribution is 5.98. The van der Waals surface area contributed by atoms with Crippen molar-refractivity contribution in [2.75, 3.05) is 27.4 Å². The minimum absolute atomic E-state index is 0.104. The lowest BCUT2D eigenvalue weighted by molar-refractivity contribution is -0.0702. The molecule has 2 aliphatic heterocycles. The highest BCUT2D eigenvalue weighted by atomic mass is 16.5. The molecular formula is C17H23NO3. The molecule has 2 fully saturated rings. The van der Waals surface area contributed by atoms with E-state index in [0.717, 1.165) is 42.9 Å². The second kappa shape index (κ2) is 5.78. The number of likely N-dealkylation sites (N-methyl/N-ethyl adjacent to an activating group) is 1. The predicted molar refractivity (Wildman–Crippen MR) is 80.9 cm³/mol. The summed E-state index contributed by atoms with van der Waals surface area (Å²) >= 11 is 0. The molecule has 0 saturated carbocycles.